The van der Waals surface area contributed by atoms with E-state index >= 15 is 0 Å². The van der Waals surface area contributed by atoms with Crippen molar-refractivity contribution in [2.75, 3.05) is 13.7 Å². The highest BCUT2D eigenvalue weighted by molar-refractivity contribution is 5.79. The maximum Gasteiger partial charge on any atom is 0.225 e. The average Bonchev–Trinajstić information content (AvgIpc) is 3.41. The lowest BCUT2D eigenvalue weighted by atomic mass is 9.93. The first-order valence-electron chi connectivity index (χ1n) is 10.6. The molecule has 0 spiro atoms. The Hall–Kier alpha value is -2.17. The minimum atomic E-state index is -0.642. The smallest absolute Gasteiger partial charge is 0.225 e. The summed E-state index contributed by atoms with van der Waals surface area (Å²) in [5, 5.41) is 2.94. The molecule has 1 N–H and O–H groups in total. The summed E-state index contributed by atoms with van der Waals surface area (Å²) in [5.74, 6) is -0.0597. The van der Waals surface area contributed by atoms with Crippen LogP contribution in [0.1, 0.15) is 43.4 Å². The largest absolute Gasteiger partial charge is 0.373 e. The summed E-state index contributed by atoms with van der Waals surface area (Å²) in [6.07, 6.45) is 5.69. The molecule has 1 saturated heterocycles. The number of carbonyl (C=O) groups is 1. The molecule has 0 radical (unpaired) electrons. The van der Waals surface area contributed by atoms with Gasteiger partial charge in [-0.25, -0.2) is 0 Å². The first-order valence-corrected chi connectivity index (χ1v) is 10.6. The highest BCUT2D eigenvalue weighted by Crippen LogP contribution is 2.23. The van der Waals surface area contributed by atoms with Crippen molar-refractivity contribution in [1.29, 1.82) is 0 Å². The molecule has 156 valence electrons. The van der Waals surface area contributed by atoms with E-state index in [0.717, 1.165) is 19.4 Å². The van der Waals surface area contributed by atoms with Crippen LogP contribution in [0.5, 0.6) is 0 Å². The Kier molecular flexibility index (Phi) is 7.45. The maximum atomic E-state index is 12.4. The summed E-state index contributed by atoms with van der Waals surface area (Å²) < 4.78 is 10.5. The molecular weight excluding hydrogens is 362 g/mol. The fourth-order valence-corrected chi connectivity index (χ4v) is 3.67. The van der Waals surface area contributed by atoms with Crippen molar-refractivity contribution in [2.24, 2.45) is 5.92 Å². The van der Waals surface area contributed by atoms with Gasteiger partial charge in [0.15, 0.2) is 0 Å². The first-order chi connectivity index (χ1) is 14.0. The monoisotopic (exact) mass is 395 g/mol. The zero-order chi connectivity index (χ0) is 20.7. The number of hydrogen-bond donors (Lipinski definition) is 1. The molecule has 2 aliphatic rings. The molecular formula is C25H33NO3. The lowest BCUT2D eigenvalue weighted by molar-refractivity contribution is -0.133. The quantitative estimate of drug-likeness (QED) is 0.561. The number of ether oxygens (including phenoxy) is 2. The Bertz CT molecular complexity index is 761. The second kappa shape index (κ2) is 10.0. The zero-order valence-electron chi connectivity index (χ0n) is 17.8. The van der Waals surface area contributed by atoms with Crippen LogP contribution in [0.15, 0.2) is 54.6 Å². The van der Waals surface area contributed by atoms with Crippen molar-refractivity contribution in [2.45, 2.75) is 57.8 Å². The molecule has 1 heterocycles. The van der Waals surface area contributed by atoms with Gasteiger partial charge in [0, 0.05) is 13.0 Å². The molecule has 0 bridgehead atoms. The second-order valence-electron chi connectivity index (χ2n) is 8.40. The van der Waals surface area contributed by atoms with Gasteiger partial charge in [-0.2, -0.15) is 0 Å². The molecule has 0 unspecified atom stereocenters. The van der Waals surface area contributed by atoms with Gasteiger partial charge >= 0.3 is 0 Å². The molecule has 2 atom stereocenters. The minimum absolute atomic E-state index is 0.0243. The van der Waals surface area contributed by atoms with Crippen LogP contribution in [0.4, 0.5) is 0 Å². The number of nitrogens with one attached hydrogen (secondary N) is 1. The van der Waals surface area contributed by atoms with Crippen LogP contribution in [0.2, 0.25) is 0 Å². The van der Waals surface area contributed by atoms with Crippen molar-refractivity contribution in [1.82, 2.24) is 5.32 Å². The van der Waals surface area contributed by atoms with E-state index < -0.39 is 5.72 Å². The molecule has 4 heteroatoms. The summed E-state index contributed by atoms with van der Waals surface area (Å²) in [6, 6.07) is 18.8. The second-order valence-corrected chi connectivity index (χ2v) is 8.40. The number of carbonyl (C=O) groups excluding carboxylic acids is 1. The van der Waals surface area contributed by atoms with E-state index in [1.807, 2.05) is 32.0 Å². The van der Waals surface area contributed by atoms with Gasteiger partial charge in [0.2, 0.25) is 5.91 Å². The number of benzene rings is 2. The predicted molar refractivity (Wildman–Crippen MR) is 116 cm³/mol. The Morgan fingerprint density at radius 3 is 2.24 bits per heavy atom. The van der Waals surface area contributed by atoms with Crippen LogP contribution in [0.25, 0.3) is 0 Å². The summed E-state index contributed by atoms with van der Waals surface area (Å²) in [5.41, 5.74) is 3.66. The summed E-state index contributed by atoms with van der Waals surface area (Å²) in [4.78, 5) is 12.4. The van der Waals surface area contributed by atoms with Gasteiger partial charge < -0.3 is 14.8 Å². The van der Waals surface area contributed by atoms with E-state index in [-0.39, 0.29) is 17.9 Å². The third-order valence-electron chi connectivity index (χ3n) is 5.59. The zero-order valence-corrected chi connectivity index (χ0v) is 17.8. The molecule has 1 aliphatic carbocycles. The van der Waals surface area contributed by atoms with Gasteiger partial charge in [0.1, 0.15) is 5.72 Å². The van der Waals surface area contributed by atoms with Gasteiger partial charge in [0.25, 0.3) is 0 Å². The Balaban J connectivity index is 0.000000220. The lowest BCUT2D eigenvalue weighted by Crippen LogP contribution is -2.48. The SMILES string of the molecule is COC(C)(C)NC(=O)[C@H](Cc1ccccc1)C[C@H]1CO1.c1ccc2c(c1)CCC2. The third kappa shape index (κ3) is 6.98. The van der Waals surface area contributed by atoms with E-state index in [9.17, 15) is 4.79 Å². The van der Waals surface area contributed by atoms with E-state index in [1.54, 1.807) is 18.2 Å². The normalized spacial score (nSPS) is 18.2. The van der Waals surface area contributed by atoms with Crippen molar-refractivity contribution in [3.63, 3.8) is 0 Å². The van der Waals surface area contributed by atoms with Crippen molar-refractivity contribution in [3.05, 3.63) is 71.3 Å². The highest BCUT2D eigenvalue weighted by atomic mass is 16.6. The molecule has 1 aliphatic heterocycles. The molecule has 0 saturated carbocycles. The van der Waals surface area contributed by atoms with Gasteiger partial charge in [0.05, 0.1) is 12.7 Å². The molecule has 1 amide bonds. The van der Waals surface area contributed by atoms with E-state index in [1.165, 1.54) is 24.8 Å². The molecule has 4 rings (SSSR count). The summed E-state index contributed by atoms with van der Waals surface area (Å²) in [6.45, 7) is 4.46. The Morgan fingerprint density at radius 1 is 1.10 bits per heavy atom. The number of aryl methyl sites for hydroxylation is 2. The van der Waals surface area contributed by atoms with Crippen LogP contribution < -0.4 is 5.32 Å². The fraction of sp³-hybridized carbons (Fsp3) is 0.480. The summed E-state index contributed by atoms with van der Waals surface area (Å²) in [7, 11) is 1.59. The van der Waals surface area contributed by atoms with Crippen LogP contribution >= 0.6 is 0 Å². The third-order valence-corrected chi connectivity index (χ3v) is 5.59. The topological polar surface area (TPSA) is 50.9 Å². The minimum Gasteiger partial charge on any atom is -0.373 e. The standard InChI is InChI=1S/C16H23NO3.C9H10/c1-16(2,19-3)17-15(18)13(10-14-11-20-14)9-12-7-5-4-6-8-12;1-2-5-9-7-3-6-8(9)4-1/h4-8,13-14H,9-11H2,1-3H3,(H,17,18);1-2,4-5H,3,6-7H2/t13-,14+;/m1./s1. The molecule has 0 aromatic heterocycles. The number of methoxy groups -OCH3 is 1. The van der Waals surface area contributed by atoms with E-state index in [2.05, 4.69) is 41.7 Å². The Morgan fingerprint density at radius 2 is 1.69 bits per heavy atom. The van der Waals surface area contributed by atoms with Gasteiger partial charge in [-0.15, -0.1) is 0 Å². The number of amides is 1. The molecule has 2 aromatic carbocycles. The number of rotatable bonds is 7. The fourth-order valence-electron chi connectivity index (χ4n) is 3.67. The summed E-state index contributed by atoms with van der Waals surface area (Å²) >= 11 is 0. The molecule has 4 nitrogen and oxygen atoms in total. The molecule has 1 fully saturated rings. The van der Waals surface area contributed by atoms with Crippen molar-refractivity contribution >= 4 is 5.91 Å². The highest BCUT2D eigenvalue weighted by Gasteiger charge is 2.32. The lowest BCUT2D eigenvalue weighted by Gasteiger charge is -2.27. The van der Waals surface area contributed by atoms with Crippen LogP contribution in [0, 0.1) is 5.92 Å². The van der Waals surface area contributed by atoms with Crippen LogP contribution in [0.3, 0.4) is 0 Å². The van der Waals surface area contributed by atoms with E-state index in [4.69, 9.17) is 9.47 Å². The molecule has 2 aromatic rings. The van der Waals surface area contributed by atoms with Gasteiger partial charge in [-0.1, -0.05) is 54.6 Å². The van der Waals surface area contributed by atoms with Gasteiger partial charge in [-0.05, 0) is 62.6 Å². The van der Waals surface area contributed by atoms with Crippen molar-refractivity contribution < 1.29 is 14.3 Å². The van der Waals surface area contributed by atoms with Crippen LogP contribution in [-0.4, -0.2) is 31.5 Å². The predicted octanol–water partition coefficient (Wildman–Crippen LogP) is 4.31. The Labute approximate surface area is 174 Å². The number of fused-ring (bicyclic) bond motifs is 1. The van der Waals surface area contributed by atoms with Crippen molar-refractivity contribution in [3.8, 4) is 0 Å². The molecule has 29 heavy (non-hydrogen) atoms. The average molecular weight is 396 g/mol. The number of epoxide rings is 1. The van der Waals surface area contributed by atoms with Crippen LogP contribution in [-0.2, 0) is 33.5 Å². The maximum absolute atomic E-state index is 12.4. The number of hydrogen-bond acceptors (Lipinski definition) is 3. The van der Waals surface area contributed by atoms with Gasteiger partial charge in [-0.3, -0.25) is 4.79 Å². The van der Waals surface area contributed by atoms with E-state index in [0.29, 0.717) is 0 Å². The first kappa shape index (κ1) is 21.5.